The maximum atomic E-state index is 13.1. The van der Waals surface area contributed by atoms with E-state index in [0.29, 0.717) is 39.0 Å². The van der Waals surface area contributed by atoms with E-state index in [1.54, 1.807) is 6.92 Å². The summed E-state index contributed by atoms with van der Waals surface area (Å²) in [5, 5.41) is 3.20. The number of fused-ring (bicyclic) bond motifs is 1. The van der Waals surface area contributed by atoms with Crippen molar-refractivity contribution in [2.45, 2.75) is 47.1 Å². The van der Waals surface area contributed by atoms with Crippen molar-refractivity contribution in [1.82, 2.24) is 19.8 Å². The van der Waals surface area contributed by atoms with Crippen molar-refractivity contribution in [2.75, 3.05) is 19.6 Å². The quantitative estimate of drug-likeness (QED) is 0.829. The van der Waals surface area contributed by atoms with Crippen LogP contribution in [0.4, 0.5) is 0 Å². The number of nitrogens with one attached hydrogen (secondary N) is 1. The minimum Gasteiger partial charge on any atom is -0.355 e. The highest BCUT2D eigenvalue weighted by atomic mass is 32.1. The minimum absolute atomic E-state index is 0.0226. The molecule has 0 spiro atoms. The first-order valence-electron chi connectivity index (χ1n) is 9.86. The molecule has 2 aromatic rings. The lowest BCUT2D eigenvalue weighted by atomic mass is 9.92. The van der Waals surface area contributed by atoms with Crippen LogP contribution in [0.5, 0.6) is 0 Å². The van der Waals surface area contributed by atoms with Crippen LogP contribution < -0.4 is 10.9 Å². The number of likely N-dealkylation sites (tertiary alicyclic amines) is 1. The maximum absolute atomic E-state index is 13.1. The number of hydrogen-bond donors (Lipinski definition) is 1. The van der Waals surface area contributed by atoms with Crippen LogP contribution in [-0.4, -0.2) is 45.9 Å². The third-order valence-electron chi connectivity index (χ3n) is 5.15. The van der Waals surface area contributed by atoms with E-state index in [1.165, 1.54) is 22.2 Å². The molecule has 3 rings (SSSR count). The van der Waals surface area contributed by atoms with Gasteiger partial charge in [0.05, 0.1) is 16.6 Å². The van der Waals surface area contributed by atoms with Gasteiger partial charge < -0.3 is 10.2 Å². The van der Waals surface area contributed by atoms with Crippen molar-refractivity contribution in [1.29, 1.82) is 0 Å². The second-order valence-electron chi connectivity index (χ2n) is 7.92. The fourth-order valence-electron chi connectivity index (χ4n) is 3.92. The smallest absolute Gasteiger partial charge is 0.264 e. The molecule has 2 aromatic heterocycles. The van der Waals surface area contributed by atoms with Crippen LogP contribution in [0, 0.1) is 18.8 Å². The number of amides is 2. The molecule has 1 aliphatic heterocycles. The molecule has 1 fully saturated rings. The number of carbonyl (C=O) groups excluding carboxylic acids is 2. The third-order valence-corrected chi connectivity index (χ3v) is 6.34. The van der Waals surface area contributed by atoms with Crippen molar-refractivity contribution in [2.24, 2.45) is 11.8 Å². The lowest BCUT2D eigenvalue weighted by Gasteiger charge is -2.34. The molecule has 2 atom stereocenters. The Kier molecular flexibility index (Phi) is 6.17. The van der Waals surface area contributed by atoms with E-state index < -0.39 is 0 Å². The molecule has 1 N–H and O–H groups in total. The Bertz CT molecular complexity index is 939. The molecule has 152 valence electrons. The summed E-state index contributed by atoms with van der Waals surface area (Å²) in [6.45, 7) is 10.1. The highest BCUT2D eigenvalue weighted by Gasteiger charge is 2.29. The van der Waals surface area contributed by atoms with Crippen molar-refractivity contribution >= 4 is 33.4 Å². The highest BCUT2D eigenvalue weighted by molar-refractivity contribution is 7.20. The summed E-state index contributed by atoms with van der Waals surface area (Å²) in [5.41, 5.74) is 0.390. The van der Waals surface area contributed by atoms with Gasteiger partial charge in [0.15, 0.2) is 0 Å². The van der Waals surface area contributed by atoms with Gasteiger partial charge in [-0.3, -0.25) is 19.0 Å². The van der Waals surface area contributed by atoms with Crippen LogP contribution in [0.25, 0.3) is 10.2 Å². The zero-order chi connectivity index (χ0) is 20.4. The first kappa shape index (κ1) is 20.5. The molecule has 3 heterocycles. The normalized spacial score (nSPS) is 19.8. The van der Waals surface area contributed by atoms with Crippen LogP contribution >= 0.6 is 11.3 Å². The Hall–Kier alpha value is -2.22. The second-order valence-corrected chi connectivity index (χ2v) is 8.92. The van der Waals surface area contributed by atoms with Crippen LogP contribution in [0.15, 0.2) is 11.1 Å². The van der Waals surface area contributed by atoms with Crippen molar-refractivity contribution < 1.29 is 9.59 Å². The number of aromatic nitrogens is 2. The zero-order valence-corrected chi connectivity index (χ0v) is 17.8. The molecule has 0 aromatic carbocycles. The summed E-state index contributed by atoms with van der Waals surface area (Å²) in [5.74, 6) is 0.704. The van der Waals surface area contributed by atoms with Gasteiger partial charge in [-0.2, -0.15) is 0 Å². The number of carbonyl (C=O) groups is 2. The molecule has 28 heavy (non-hydrogen) atoms. The van der Waals surface area contributed by atoms with Crippen molar-refractivity contribution in [3.05, 3.63) is 27.1 Å². The third kappa shape index (κ3) is 4.11. The summed E-state index contributed by atoms with van der Waals surface area (Å²) in [6, 6.07) is 0. The van der Waals surface area contributed by atoms with Crippen molar-refractivity contribution in [3.8, 4) is 0 Å². The Labute approximate surface area is 168 Å². The van der Waals surface area contributed by atoms with Gasteiger partial charge in [0.2, 0.25) is 5.91 Å². The summed E-state index contributed by atoms with van der Waals surface area (Å²) in [6.07, 6.45) is 3.35. The van der Waals surface area contributed by atoms with E-state index in [1.807, 2.05) is 11.8 Å². The standard InChI is InChI=1S/C20H28N4O3S/c1-5-6-21-15(25)10-24-11-22-18-16(19(24)26)14(4)17(28-18)20(27)23-8-12(2)7-13(3)9-23/h11-13H,5-10H2,1-4H3,(H,21,25). The highest BCUT2D eigenvalue weighted by Crippen LogP contribution is 2.30. The second kappa shape index (κ2) is 8.43. The van der Waals surface area contributed by atoms with Gasteiger partial charge in [0, 0.05) is 19.6 Å². The molecule has 8 heteroatoms. The van der Waals surface area contributed by atoms with Gasteiger partial charge in [-0.15, -0.1) is 11.3 Å². The molecule has 1 aliphatic rings. The molecule has 0 aliphatic carbocycles. The van der Waals surface area contributed by atoms with Gasteiger partial charge in [0.25, 0.3) is 11.5 Å². The SMILES string of the molecule is CCCNC(=O)Cn1cnc2sc(C(=O)N3CC(C)CC(C)C3)c(C)c2c1=O. The van der Waals surface area contributed by atoms with Gasteiger partial charge in [-0.25, -0.2) is 4.98 Å². The molecular formula is C20H28N4O3S. The van der Waals surface area contributed by atoms with Crippen LogP contribution in [0.1, 0.15) is 48.8 Å². The number of piperidine rings is 1. The fraction of sp³-hybridized carbons (Fsp3) is 0.600. The monoisotopic (exact) mass is 404 g/mol. The number of hydrogen-bond acceptors (Lipinski definition) is 5. The average Bonchev–Trinajstić information content (AvgIpc) is 2.98. The molecular weight excluding hydrogens is 376 g/mol. The van der Waals surface area contributed by atoms with E-state index in [-0.39, 0.29) is 23.9 Å². The summed E-state index contributed by atoms with van der Waals surface area (Å²) in [7, 11) is 0. The van der Waals surface area contributed by atoms with Gasteiger partial charge >= 0.3 is 0 Å². The number of nitrogens with zero attached hydrogens (tertiary/aromatic N) is 3. The van der Waals surface area contributed by atoms with Gasteiger partial charge in [0.1, 0.15) is 11.4 Å². The van der Waals surface area contributed by atoms with Gasteiger partial charge in [-0.05, 0) is 37.2 Å². The molecule has 1 saturated heterocycles. The molecule has 2 amide bonds. The Morgan fingerprint density at radius 1 is 1.29 bits per heavy atom. The minimum atomic E-state index is -0.273. The molecule has 0 radical (unpaired) electrons. The van der Waals surface area contributed by atoms with Crippen LogP contribution in [0.2, 0.25) is 0 Å². The molecule has 0 saturated carbocycles. The van der Waals surface area contributed by atoms with E-state index >= 15 is 0 Å². The average molecular weight is 405 g/mol. The topological polar surface area (TPSA) is 84.3 Å². The number of aryl methyl sites for hydroxylation is 1. The molecule has 0 bridgehead atoms. The van der Waals surface area contributed by atoms with Crippen molar-refractivity contribution in [3.63, 3.8) is 0 Å². The number of thiophene rings is 1. The van der Waals surface area contributed by atoms with Gasteiger partial charge in [-0.1, -0.05) is 20.8 Å². The molecule has 7 nitrogen and oxygen atoms in total. The number of rotatable bonds is 5. The zero-order valence-electron chi connectivity index (χ0n) is 16.9. The Morgan fingerprint density at radius 3 is 2.61 bits per heavy atom. The largest absolute Gasteiger partial charge is 0.355 e. The summed E-state index contributed by atoms with van der Waals surface area (Å²) in [4.78, 5) is 45.3. The summed E-state index contributed by atoms with van der Waals surface area (Å²) < 4.78 is 1.31. The lowest BCUT2D eigenvalue weighted by Crippen LogP contribution is -2.42. The fourth-order valence-corrected chi connectivity index (χ4v) is 5.03. The van der Waals surface area contributed by atoms with Crippen LogP contribution in [-0.2, 0) is 11.3 Å². The summed E-state index contributed by atoms with van der Waals surface area (Å²) >= 11 is 1.27. The maximum Gasteiger partial charge on any atom is 0.264 e. The van der Waals surface area contributed by atoms with E-state index in [2.05, 4.69) is 24.1 Å². The predicted molar refractivity (Wildman–Crippen MR) is 111 cm³/mol. The lowest BCUT2D eigenvalue weighted by molar-refractivity contribution is -0.121. The first-order chi connectivity index (χ1) is 13.3. The molecule has 2 unspecified atom stereocenters. The van der Waals surface area contributed by atoms with E-state index in [0.717, 1.165) is 25.9 Å². The van der Waals surface area contributed by atoms with Crippen LogP contribution in [0.3, 0.4) is 0 Å². The van der Waals surface area contributed by atoms with E-state index in [4.69, 9.17) is 0 Å². The first-order valence-corrected chi connectivity index (χ1v) is 10.7. The van der Waals surface area contributed by atoms with E-state index in [9.17, 15) is 14.4 Å². The Morgan fingerprint density at radius 2 is 1.96 bits per heavy atom. The predicted octanol–water partition coefficient (Wildman–Crippen LogP) is 2.41. The Balaban J connectivity index is 1.91.